The first-order valence-electron chi connectivity index (χ1n) is 4.71. The van der Waals surface area contributed by atoms with Crippen LogP contribution in [-0.4, -0.2) is 25.9 Å². The molecule has 0 heterocycles. The van der Waals surface area contributed by atoms with Gasteiger partial charge >= 0.3 is 0 Å². The van der Waals surface area contributed by atoms with E-state index in [2.05, 4.69) is 6.58 Å². The third-order valence-electron chi connectivity index (χ3n) is 2.28. The van der Waals surface area contributed by atoms with E-state index in [1.807, 2.05) is 12.1 Å². The molecule has 0 unspecified atom stereocenters. The molecule has 0 saturated heterocycles. The number of aliphatic hydroxyl groups excluding tert-OH is 1. The molecule has 82 valence electrons. The lowest BCUT2D eigenvalue weighted by Gasteiger charge is -2.12. The van der Waals surface area contributed by atoms with Crippen molar-refractivity contribution in [3.63, 3.8) is 0 Å². The zero-order valence-electron chi connectivity index (χ0n) is 9.06. The van der Waals surface area contributed by atoms with Crippen molar-refractivity contribution in [1.29, 1.82) is 0 Å². The monoisotopic (exact) mass is 208 g/mol. The second kappa shape index (κ2) is 5.41. The maximum absolute atomic E-state index is 9.15. The molecule has 1 N–H and O–H groups in total. The van der Waals surface area contributed by atoms with Crippen molar-refractivity contribution in [1.82, 2.24) is 0 Å². The number of benzene rings is 1. The normalized spacial score (nSPS) is 11.9. The fraction of sp³-hybridized carbons (Fsp3) is 0.333. The molecule has 0 aliphatic rings. The fourth-order valence-corrected chi connectivity index (χ4v) is 1.36. The minimum Gasteiger partial charge on any atom is -0.497 e. The zero-order valence-corrected chi connectivity index (χ0v) is 9.06. The summed E-state index contributed by atoms with van der Waals surface area (Å²) >= 11 is 0. The number of hydrogen-bond donors (Lipinski definition) is 1. The van der Waals surface area contributed by atoms with Crippen LogP contribution in [0.3, 0.4) is 0 Å². The lowest BCUT2D eigenvalue weighted by Crippen LogP contribution is -2.01. The SMILES string of the molecule is C=C[C@H](CO)c1cc(OC)cc(OC)c1. The summed E-state index contributed by atoms with van der Waals surface area (Å²) in [6, 6.07) is 5.52. The molecule has 0 radical (unpaired) electrons. The van der Waals surface area contributed by atoms with Gasteiger partial charge in [0, 0.05) is 12.0 Å². The number of methoxy groups -OCH3 is 2. The third-order valence-corrected chi connectivity index (χ3v) is 2.28. The van der Waals surface area contributed by atoms with Gasteiger partial charge in [0.1, 0.15) is 11.5 Å². The molecule has 0 spiro atoms. The Bertz CT molecular complexity index is 311. The van der Waals surface area contributed by atoms with Crippen LogP contribution in [0.2, 0.25) is 0 Å². The van der Waals surface area contributed by atoms with Gasteiger partial charge in [0.05, 0.1) is 20.8 Å². The van der Waals surface area contributed by atoms with Gasteiger partial charge in [0.15, 0.2) is 0 Å². The Balaban J connectivity index is 3.10. The number of aliphatic hydroxyl groups is 1. The summed E-state index contributed by atoms with van der Waals surface area (Å²) in [6.45, 7) is 3.71. The van der Waals surface area contributed by atoms with E-state index in [0.29, 0.717) is 11.5 Å². The molecule has 1 atom stereocenters. The van der Waals surface area contributed by atoms with E-state index in [0.717, 1.165) is 5.56 Å². The molecule has 1 aromatic carbocycles. The highest BCUT2D eigenvalue weighted by molar-refractivity contribution is 5.41. The van der Waals surface area contributed by atoms with Gasteiger partial charge in [-0.15, -0.1) is 6.58 Å². The molecule has 3 heteroatoms. The molecule has 0 fully saturated rings. The maximum Gasteiger partial charge on any atom is 0.122 e. The highest BCUT2D eigenvalue weighted by atomic mass is 16.5. The minimum absolute atomic E-state index is 0.0276. The Kier molecular flexibility index (Phi) is 4.18. The van der Waals surface area contributed by atoms with E-state index in [1.54, 1.807) is 26.4 Å². The predicted octanol–water partition coefficient (Wildman–Crippen LogP) is 1.97. The van der Waals surface area contributed by atoms with E-state index >= 15 is 0 Å². The molecule has 3 nitrogen and oxygen atoms in total. The average Bonchev–Trinajstić information content (AvgIpc) is 2.30. The number of ether oxygens (including phenoxy) is 2. The van der Waals surface area contributed by atoms with Crippen LogP contribution < -0.4 is 9.47 Å². The Labute approximate surface area is 90.0 Å². The van der Waals surface area contributed by atoms with Gasteiger partial charge in [-0.05, 0) is 17.7 Å². The first-order valence-corrected chi connectivity index (χ1v) is 4.71. The van der Waals surface area contributed by atoms with Crippen molar-refractivity contribution >= 4 is 0 Å². The lowest BCUT2D eigenvalue weighted by atomic mass is 10.00. The summed E-state index contributed by atoms with van der Waals surface area (Å²) in [5.74, 6) is 1.34. The molecule has 15 heavy (non-hydrogen) atoms. The van der Waals surface area contributed by atoms with Crippen molar-refractivity contribution in [3.05, 3.63) is 36.4 Å². The number of hydrogen-bond acceptors (Lipinski definition) is 3. The Morgan fingerprint density at radius 2 is 1.80 bits per heavy atom. The van der Waals surface area contributed by atoms with Crippen LogP contribution in [0, 0.1) is 0 Å². The summed E-state index contributed by atoms with van der Waals surface area (Å²) in [6.07, 6.45) is 1.70. The fourth-order valence-electron chi connectivity index (χ4n) is 1.36. The molecule has 0 amide bonds. The van der Waals surface area contributed by atoms with Crippen LogP contribution in [-0.2, 0) is 0 Å². The smallest absolute Gasteiger partial charge is 0.122 e. The van der Waals surface area contributed by atoms with E-state index in [9.17, 15) is 0 Å². The standard InChI is InChI=1S/C12H16O3/c1-4-9(8-13)10-5-11(14-2)7-12(6-10)15-3/h4-7,9,13H,1,8H2,2-3H3/t9-/m1/s1. The topological polar surface area (TPSA) is 38.7 Å². The molecule has 0 saturated carbocycles. The van der Waals surface area contributed by atoms with Crippen LogP contribution >= 0.6 is 0 Å². The van der Waals surface area contributed by atoms with Crippen molar-refractivity contribution < 1.29 is 14.6 Å². The first-order chi connectivity index (χ1) is 7.24. The van der Waals surface area contributed by atoms with Crippen LogP contribution in [0.5, 0.6) is 11.5 Å². The molecule has 1 aromatic rings. The molecular formula is C12H16O3. The maximum atomic E-state index is 9.15. The molecule has 0 aliphatic carbocycles. The third kappa shape index (κ3) is 2.73. The Hall–Kier alpha value is -1.48. The van der Waals surface area contributed by atoms with Crippen LogP contribution in [0.1, 0.15) is 11.5 Å². The summed E-state index contributed by atoms with van der Waals surface area (Å²) in [7, 11) is 3.20. The summed E-state index contributed by atoms with van der Waals surface area (Å²) < 4.78 is 10.3. The van der Waals surface area contributed by atoms with Gasteiger partial charge in [0.2, 0.25) is 0 Å². The second-order valence-corrected chi connectivity index (χ2v) is 3.17. The molecule has 0 aliphatic heterocycles. The van der Waals surface area contributed by atoms with Crippen molar-refractivity contribution in [2.75, 3.05) is 20.8 Å². The minimum atomic E-state index is -0.0889. The predicted molar refractivity (Wildman–Crippen MR) is 59.6 cm³/mol. The van der Waals surface area contributed by atoms with Gasteiger partial charge in [-0.25, -0.2) is 0 Å². The highest BCUT2D eigenvalue weighted by Crippen LogP contribution is 2.27. The molecule has 0 aromatic heterocycles. The second-order valence-electron chi connectivity index (χ2n) is 3.17. The summed E-state index contributed by atoms with van der Waals surface area (Å²) in [5.41, 5.74) is 0.934. The average molecular weight is 208 g/mol. The zero-order chi connectivity index (χ0) is 11.3. The van der Waals surface area contributed by atoms with Gasteiger partial charge in [0.25, 0.3) is 0 Å². The van der Waals surface area contributed by atoms with E-state index in [-0.39, 0.29) is 12.5 Å². The van der Waals surface area contributed by atoms with Gasteiger partial charge < -0.3 is 14.6 Å². The van der Waals surface area contributed by atoms with Crippen LogP contribution in [0.25, 0.3) is 0 Å². The molecular weight excluding hydrogens is 192 g/mol. The van der Waals surface area contributed by atoms with Crippen LogP contribution in [0.4, 0.5) is 0 Å². The van der Waals surface area contributed by atoms with E-state index in [4.69, 9.17) is 14.6 Å². The lowest BCUT2D eigenvalue weighted by molar-refractivity contribution is 0.283. The molecule has 1 rings (SSSR count). The van der Waals surface area contributed by atoms with E-state index < -0.39 is 0 Å². The van der Waals surface area contributed by atoms with Crippen LogP contribution in [0.15, 0.2) is 30.9 Å². The van der Waals surface area contributed by atoms with Crippen molar-refractivity contribution in [2.24, 2.45) is 0 Å². The van der Waals surface area contributed by atoms with Gasteiger partial charge in [-0.3, -0.25) is 0 Å². The number of rotatable bonds is 5. The highest BCUT2D eigenvalue weighted by Gasteiger charge is 2.09. The Morgan fingerprint density at radius 1 is 1.27 bits per heavy atom. The molecule has 0 bridgehead atoms. The van der Waals surface area contributed by atoms with Crippen molar-refractivity contribution in [2.45, 2.75) is 5.92 Å². The first kappa shape index (κ1) is 11.6. The van der Waals surface area contributed by atoms with Gasteiger partial charge in [-0.2, -0.15) is 0 Å². The summed E-state index contributed by atoms with van der Waals surface area (Å²) in [4.78, 5) is 0. The Morgan fingerprint density at radius 3 is 2.13 bits per heavy atom. The summed E-state index contributed by atoms with van der Waals surface area (Å²) in [5, 5.41) is 9.15. The van der Waals surface area contributed by atoms with Crippen molar-refractivity contribution in [3.8, 4) is 11.5 Å². The van der Waals surface area contributed by atoms with Gasteiger partial charge in [-0.1, -0.05) is 6.08 Å². The van der Waals surface area contributed by atoms with E-state index in [1.165, 1.54) is 0 Å². The quantitative estimate of drug-likeness (QED) is 0.752. The largest absolute Gasteiger partial charge is 0.497 e.